The summed E-state index contributed by atoms with van der Waals surface area (Å²) >= 11 is 2.72. The van der Waals surface area contributed by atoms with Crippen LogP contribution in [0.4, 0.5) is 0 Å². The van der Waals surface area contributed by atoms with Gasteiger partial charge in [-0.25, -0.2) is 0 Å². The molecule has 0 saturated heterocycles. The monoisotopic (exact) mass is 306 g/mol. The first-order valence-electron chi connectivity index (χ1n) is 6.01. The van der Waals surface area contributed by atoms with Gasteiger partial charge >= 0.3 is 0 Å². The molecule has 4 nitrogen and oxygen atoms in total. The molecule has 0 spiro atoms. The van der Waals surface area contributed by atoms with E-state index in [-0.39, 0.29) is 17.7 Å². The van der Waals surface area contributed by atoms with E-state index in [0.717, 1.165) is 9.75 Å². The lowest BCUT2D eigenvalue weighted by Gasteiger charge is -2.15. The Labute approximate surface area is 122 Å². The van der Waals surface area contributed by atoms with Gasteiger partial charge in [-0.3, -0.25) is 14.4 Å². The van der Waals surface area contributed by atoms with Gasteiger partial charge in [0.15, 0.2) is 11.6 Å². The Hall–Kier alpha value is -1.63. The van der Waals surface area contributed by atoms with Crippen LogP contribution in [0.5, 0.6) is 0 Å². The van der Waals surface area contributed by atoms with Crippen LogP contribution in [0, 0.1) is 0 Å². The van der Waals surface area contributed by atoms with Crippen molar-refractivity contribution < 1.29 is 19.5 Å². The van der Waals surface area contributed by atoms with Gasteiger partial charge in [-0.05, 0) is 23.6 Å². The third-order valence-electron chi connectivity index (χ3n) is 3.31. The number of hydrogen-bond acceptors (Lipinski definition) is 6. The van der Waals surface area contributed by atoms with Crippen molar-refractivity contribution in [2.24, 2.45) is 0 Å². The summed E-state index contributed by atoms with van der Waals surface area (Å²) in [6.07, 6.45) is -0.130. The van der Waals surface area contributed by atoms with E-state index in [9.17, 15) is 19.5 Å². The maximum Gasteiger partial charge on any atom is 0.245 e. The number of hydrogen-bond donors (Lipinski definition) is 1. The van der Waals surface area contributed by atoms with E-state index >= 15 is 0 Å². The lowest BCUT2D eigenvalue weighted by Crippen LogP contribution is -2.48. The zero-order valence-corrected chi connectivity index (χ0v) is 11.9. The highest BCUT2D eigenvalue weighted by Gasteiger charge is 2.54. The van der Waals surface area contributed by atoms with Crippen LogP contribution in [0.3, 0.4) is 0 Å². The number of carbonyl (C=O) groups is 3. The van der Waals surface area contributed by atoms with Crippen molar-refractivity contribution in [3.63, 3.8) is 0 Å². The van der Waals surface area contributed by atoms with E-state index in [1.165, 1.54) is 22.7 Å². The van der Waals surface area contributed by atoms with Crippen LogP contribution < -0.4 is 0 Å². The van der Waals surface area contributed by atoms with Gasteiger partial charge in [0, 0.05) is 22.6 Å². The minimum atomic E-state index is -2.46. The predicted molar refractivity (Wildman–Crippen MR) is 76.2 cm³/mol. The summed E-state index contributed by atoms with van der Waals surface area (Å²) in [5.41, 5.74) is -2.46. The molecule has 20 heavy (non-hydrogen) atoms. The Bertz CT molecular complexity index is 681. The Kier molecular flexibility index (Phi) is 3.16. The lowest BCUT2D eigenvalue weighted by atomic mass is 9.93. The van der Waals surface area contributed by atoms with E-state index in [2.05, 4.69) is 0 Å². The van der Waals surface area contributed by atoms with Crippen LogP contribution in [0.15, 0.2) is 29.6 Å². The fraction of sp³-hybridized carbons (Fsp3) is 0.214. The predicted octanol–water partition coefficient (Wildman–Crippen LogP) is 2.32. The molecule has 2 aromatic heterocycles. The van der Waals surface area contributed by atoms with Gasteiger partial charge in [0.1, 0.15) is 0 Å². The molecule has 0 amide bonds. The van der Waals surface area contributed by atoms with E-state index in [1.54, 1.807) is 12.1 Å². The topological polar surface area (TPSA) is 71.4 Å². The number of Topliss-reactive ketones (excluding diaryl/α,β-unsaturated/α-hetero) is 3. The standard InChI is InChI=1S/C14H10O4S2/c15-11-5-6-12(16)14(11,18)13(17)10-4-3-9(20-10)8-2-1-7-19-8/h1-4,7,18H,5-6H2. The molecule has 0 atom stereocenters. The first kappa shape index (κ1) is 13.4. The highest BCUT2D eigenvalue weighted by Crippen LogP contribution is 2.35. The average Bonchev–Trinajstić information content (AvgIpc) is 3.14. The van der Waals surface area contributed by atoms with E-state index < -0.39 is 23.0 Å². The van der Waals surface area contributed by atoms with E-state index in [0.29, 0.717) is 0 Å². The van der Waals surface area contributed by atoms with Gasteiger partial charge in [-0.15, -0.1) is 22.7 Å². The summed E-state index contributed by atoms with van der Waals surface area (Å²) in [7, 11) is 0. The Morgan fingerprint density at radius 3 is 2.40 bits per heavy atom. The van der Waals surface area contributed by atoms with Crippen LogP contribution in [-0.4, -0.2) is 28.1 Å². The summed E-state index contributed by atoms with van der Waals surface area (Å²) in [4.78, 5) is 37.8. The molecule has 6 heteroatoms. The second-order valence-corrected chi connectivity index (χ2v) is 6.56. The zero-order valence-electron chi connectivity index (χ0n) is 10.3. The second kappa shape index (κ2) is 4.73. The molecule has 2 heterocycles. The fourth-order valence-corrected chi connectivity index (χ4v) is 4.02. The fourth-order valence-electron chi connectivity index (χ4n) is 2.19. The minimum absolute atomic E-state index is 0.0652. The van der Waals surface area contributed by atoms with Crippen molar-refractivity contribution in [1.82, 2.24) is 0 Å². The van der Waals surface area contributed by atoms with Gasteiger partial charge in [0.2, 0.25) is 11.4 Å². The normalized spacial score (nSPS) is 17.6. The van der Waals surface area contributed by atoms with Crippen molar-refractivity contribution in [3.05, 3.63) is 34.5 Å². The van der Waals surface area contributed by atoms with Gasteiger partial charge in [-0.2, -0.15) is 0 Å². The third-order valence-corrected chi connectivity index (χ3v) is 5.46. The first-order chi connectivity index (χ1) is 9.53. The molecule has 0 unspecified atom stereocenters. The summed E-state index contributed by atoms with van der Waals surface area (Å²) < 4.78 is 0. The first-order valence-corrected chi connectivity index (χ1v) is 7.70. The van der Waals surface area contributed by atoms with E-state index in [1.807, 2.05) is 17.5 Å². The third kappa shape index (κ3) is 1.88. The van der Waals surface area contributed by atoms with Crippen LogP contribution >= 0.6 is 22.7 Å². The Morgan fingerprint density at radius 2 is 1.80 bits per heavy atom. The number of aliphatic hydroxyl groups is 1. The SMILES string of the molecule is O=C1CCC(=O)C1(O)C(=O)c1ccc(-c2cccs2)s1. The molecule has 1 fully saturated rings. The highest BCUT2D eigenvalue weighted by molar-refractivity contribution is 7.22. The molecule has 0 aromatic carbocycles. The molecule has 0 aliphatic heterocycles. The minimum Gasteiger partial charge on any atom is -0.369 e. The van der Waals surface area contributed by atoms with E-state index in [4.69, 9.17) is 0 Å². The molecule has 0 bridgehead atoms. The highest BCUT2D eigenvalue weighted by atomic mass is 32.1. The lowest BCUT2D eigenvalue weighted by molar-refractivity contribution is -0.139. The number of thiophene rings is 2. The molecular weight excluding hydrogens is 296 g/mol. The van der Waals surface area contributed by atoms with Gasteiger partial charge < -0.3 is 5.11 Å². The molecular formula is C14H10O4S2. The number of carbonyl (C=O) groups excluding carboxylic acids is 3. The molecule has 3 rings (SSSR count). The van der Waals surface area contributed by atoms with Crippen LogP contribution in [0.25, 0.3) is 9.75 Å². The summed E-state index contributed by atoms with van der Waals surface area (Å²) in [6, 6.07) is 7.14. The van der Waals surface area contributed by atoms with Crippen LogP contribution in [0.2, 0.25) is 0 Å². The van der Waals surface area contributed by atoms with Gasteiger partial charge in [0.25, 0.3) is 0 Å². The summed E-state index contributed by atoms with van der Waals surface area (Å²) in [6.45, 7) is 0. The molecule has 1 N–H and O–H groups in total. The smallest absolute Gasteiger partial charge is 0.245 e. The maximum atomic E-state index is 12.3. The molecule has 1 aliphatic rings. The van der Waals surface area contributed by atoms with Gasteiger partial charge in [-0.1, -0.05) is 6.07 Å². The number of ketones is 3. The van der Waals surface area contributed by atoms with Crippen molar-refractivity contribution in [1.29, 1.82) is 0 Å². The van der Waals surface area contributed by atoms with Gasteiger partial charge in [0.05, 0.1) is 4.88 Å². The van der Waals surface area contributed by atoms with Crippen LogP contribution in [-0.2, 0) is 9.59 Å². The van der Waals surface area contributed by atoms with Crippen molar-refractivity contribution >= 4 is 40.0 Å². The molecule has 2 aromatic rings. The van der Waals surface area contributed by atoms with Crippen molar-refractivity contribution in [2.45, 2.75) is 18.4 Å². The molecule has 102 valence electrons. The van der Waals surface area contributed by atoms with Crippen LogP contribution in [0.1, 0.15) is 22.5 Å². The molecule has 1 aliphatic carbocycles. The zero-order chi connectivity index (χ0) is 14.3. The largest absolute Gasteiger partial charge is 0.369 e. The van der Waals surface area contributed by atoms with Crippen molar-refractivity contribution in [3.8, 4) is 9.75 Å². The second-order valence-electron chi connectivity index (χ2n) is 4.53. The summed E-state index contributed by atoms with van der Waals surface area (Å²) in [5.74, 6) is -2.19. The average molecular weight is 306 g/mol. The number of rotatable bonds is 3. The Balaban J connectivity index is 1.96. The molecule has 0 radical (unpaired) electrons. The maximum absolute atomic E-state index is 12.3. The Morgan fingerprint density at radius 1 is 1.10 bits per heavy atom. The molecule has 1 saturated carbocycles. The quantitative estimate of drug-likeness (QED) is 0.698. The van der Waals surface area contributed by atoms with Crippen molar-refractivity contribution in [2.75, 3.05) is 0 Å². The summed E-state index contributed by atoms with van der Waals surface area (Å²) in [5, 5.41) is 12.1.